The Kier molecular flexibility index (Phi) is 4.68. The predicted molar refractivity (Wildman–Crippen MR) is 125 cm³/mol. The Bertz CT molecular complexity index is 1310. The van der Waals surface area contributed by atoms with Crippen LogP contribution in [0.4, 0.5) is 5.69 Å². The van der Waals surface area contributed by atoms with E-state index in [1.54, 1.807) is 5.12 Å². The van der Waals surface area contributed by atoms with Crippen molar-refractivity contribution in [3.63, 3.8) is 0 Å². The van der Waals surface area contributed by atoms with Gasteiger partial charge in [0.05, 0.1) is 29.6 Å². The lowest BCUT2D eigenvalue weighted by Crippen LogP contribution is -2.30. The van der Waals surface area contributed by atoms with Crippen LogP contribution >= 0.6 is 0 Å². The van der Waals surface area contributed by atoms with Gasteiger partial charge < -0.3 is 10.2 Å². The number of hydrazine groups is 2. The third-order valence-electron chi connectivity index (χ3n) is 6.38. The minimum atomic E-state index is 0.0233. The van der Waals surface area contributed by atoms with Crippen molar-refractivity contribution in [3.8, 4) is 22.4 Å². The van der Waals surface area contributed by atoms with Crippen LogP contribution < -0.4 is 11.3 Å². The van der Waals surface area contributed by atoms with Crippen molar-refractivity contribution in [1.82, 2.24) is 19.9 Å². The molecule has 4 aromatic rings. The molecule has 0 radical (unpaired) electrons. The Morgan fingerprint density at radius 2 is 2.06 bits per heavy atom. The van der Waals surface area contributed by atoms with Gasteiger partial charge in [-0.15, -0.1) is 0 Å². The zero-order valence-corrected chi connectivity index (χ0v) is 18.1. The highest BCUT2D eigenvalue weighted by molar-refractivity contribution is 5.93. The van der Waals surface area contributed by atoms with Crippen LogP contribution in [-0.4, -0.2) is 26.5 Å². The van der Waals surface area contributed by atoms with Gasteiger partial charge in [-0.3, -0.25) is 10.8 Å². The van der Waals surface area contributed by atoms with Gasteiger partial charge in [0.1, 0.15) is 0 Å². The summed E-state index contributed by atoms with van der Waals surface area (Å²) in [6, 6.07) is 16.9. The Balaban J connectivity index is 1.51. The number of nitrogens with one attached hydrogen (secondary N) is 1. The molecule has 2 aliphatic rings. The number of hydrogen-bond donors (Lipinski definition) is 2. The summed E-state index contributed by atoms with van der Waals surface area (Å²) in [5, 5.41) is 7.40. The Hall–Kier alpha value is -3.26. The SMILES string of the molecule is Cc1cccc(-c2ccc3c(c2-c2ccc4c(cnn4C4CCCCO4)c2)CN(N)N3)n1. The molecule has 2 aromatic heterocycles. The van der Waals surface area contributed by atoms with E-state index in [0.29, 0.717) is 6.54 Å². The number of nitrogens with two attached hydrogens (primary N) is 1. The Morgan fingerprint density at radius 1 is 1.12 bits per heavy atom. The molecule has 162 valence electrons. The highest BCUT2D eigenvalue weighted by Crippen LogP contribution is 2.41. The van der Waals surface area contributed by atoms with Crippen LogP contribution in [0, 0.1) is 6.92 Å². The topological polar surface area (TPSA) is 81.2 Å². The largest absolute Gasteiger partial charge is 0.356 e. The van der Waals surface area contributed by atoms with Gasteiger partial charge in [0, 0.05) is 28.8 Å². The predicted octanol–water partition coefficient (Wildman–Crippen LogP) is 4.79. The van der Waals surface area contributed by atoms with Gasteiger partial charge in [0.2, 0.25) is 0 Å². The van der Waals surface area contributed by atoms with Crippen LogP contribution in [0.2, 0.25) is 0 Å². The summed E-state index contributed by atoms with van der Waals surface area (Å²) in [4.78, 5) is 4.80. The summed E-state index contributed by atoms with van der Waals surface area (Å²) in [5.41, 5.74) is 11.9. The van der Waals surface area contributed by atoms with Crippen molar-refractivity contribution in [2.45, 2.75) is 39.0 Å². The van der Waals surface area contributed by atoms with E-state index in [1.165, 1.54) is 12.0 Å². The van der Waals surface area contributed by atoms with Crippen molar-refractivity contribution in [3.05, 3.63) is 66.0 Å². The minimum absolute atomic E-state index is 0.0233. The minimum Gasteiger partial charge on any atom is -0.356 e. The maximum absolute atomic E-state index is 6.10. The molecule has 0 aliphatic carbocycles. The van der Waals surface area contributed by atoms with Crippen molar-refractivity contribution < 1.29 is 4.74 Å². The number of anilines is 1. The summed E-state index contributed by atoms with van der Waals surface area (Å²) in [6.45, 7) is 3.45. The van der Waals surface area contributed by atoms with Crippen LogP contribution in [-0.2, 0) is 11.3 Å². The molecule has 1 fully saturated rings. The molecule has 6 rings (SSSR count). The van der Waals surface area contributed by atoms with E-state index < -0.39 is 0 Å². The molecule has 1 atom stereocenters. The lowest BCUT2D eigenvalue weighted by molar-refractivity contribution is -0.0366. The first kappa shape index (κ1) is 19.4. The fourth-order valence-corrected chi connectivity index (χ4v) is 4.87. The van der Waals surface area contributed by atoms with Crippen LogP contribution in [0.1, 0.15) is 36.7 Å². The highest BCUT2D eigenvalue weighted by Gasteiger charge is 2.24. The molecule has 7 nitrogen and oxygen atoms in total. The zero-order valence-electron chi connectivity index (χ0n) is 18.1. The number of fused-ring (bicyclic) bond motifs is 2. The smallest absolute Gasteiger partial charge is 0.150 e. The van der Waals surface area contributed by atoms with Crippen LogP contribution in [0.5, 0.6) is 0 Å². The van der Waals surface area contributed by atoms with E-state index in [2.05, 4.69) is 53.0 Å². The zero-order chi connectivity index (χ0) is 21.7. The molecule has 1 saturated heterocycles. The van der Waals surface area contributed by atoms with Crippen LogP contribution in [0.15, 0.2) is 54.7 Å². The molecule has 4 heterocycles. The molecule has 32 heavy (non-hydrogen) atoms. The second-order valence-electron chi connectivity index (χ2n) is 8.60. The summed E-state index contributed by atoms with van der Waals surface area (Å²) < 4.78 is 8.00. The molecule has 3 N–H and O–H groups in total. The first-order valence-corrected chi connectivity index (χ1v) is 11.2. The average molecular weight is 427 g/mol. The lowest BCUT2D eigenvalue weighted by atomic mass is 9.91. The van der Waals surface area contributed by atoms with Gasteiger partial charge >= 0.3 is 0 Å². The van der Waals surface area contributed by atoms with Crippen molar-refractivity contribution in [2.24, 2.45) is 5.84 Å². The first-order valence-electron chi connectivity index (χ1n) is 11.2. The third-order valence-corrected chi connectivity index (χ3v) is 6.38. The molecule has 2 aliphatic heterocycles. The van der Waals surface area contributed by atoms with Gasteiger partial charge in [-0.2, -0.15) is 10.2 Å². The van der Waals surface area contributed by atoms with E-state index in [0.717, 1.165) is 64.1 Å². The molecule has 1 unspecified atom stereocenters. The fourth-order valence-electron chi connectivity index (χ4n) is 4.87. The van der Waals surface area contributed by atoms with Crippen LogP contribution in [0.25, 0.3) is 33.3 Å². The molecular formula is C25H26N6O. The van der Waals surface area contributed by atoms with E-state index in [-0.39, 0.29) is 6.23 Å². The van der Waals surface area contributed by atoms with Crippen molar-refractivity contribution in [2.75, 3.05) is 12.0 Å². The second-order valence-corrected chi connectivity index (χ2v) is 8.60. The van der Waals surface area contributed by atoms with Crippen molar-refractivity contribution in [1.29, 1.82) is 0 Å². The highest BCUT2D eigenvalue weighted by atomic mass is 16.5. The number of rotatable bonds is 3. The maximum Gasteiger partial charge on any atom is 0.150 e. The van der Waals surface area contributed by atoms with Gasteiger partial charge in [-0.1, -0.05) is 18.2 Å². The van der Waals surface area contributed by atoms with E-state index in [9.17, 15) is 0 Å². The molecular weight excluding hydrogens is 400 g/mol. The summed E-state index contributed by atoms with van der Waals surface area (Å²) in [7, 11) is 0. The molecule has 0 amide bonds. The van der Waals surface area contributed by atoms with Crippen molar-refractivity contribution >= 4 is 16.6 Å². The molecule has 0 saturated carbocycles. The third kappa shape index (κ3) is 3.26. The number of pyridine rings is 1. The standard InChI is InChI=1S/C25H26N6O/c1-16-5-4-6-21(28-16)19-9-10-22-20(15-30(26)29-22)25(19)17-8-11-23-18(13-17)14-27-31(23)24-7-2-3-12-32-24/h4-6,8-11,13-14,24,29H,2-3,7,12,15,26H2,1H3. The molecule has 0 spiro atoms. The number of benzene rings is 2. The number of hydrogen-bond acceptors (Lipinski definition) is 6. The molecule has 7 heteroatoms. The van der Waals surface area contributed by atoms with Gasteiger partial charge in [0.25, 0.3) is 0 Å². The fraction of sp³-hybridized carbons (Fsp3) is 0.280. The number of aromatic nitrogens is 3. The van der Waals surface area contributed by atoms with E-state index in [1.807, 2.05) is 23.9 Å². The summed E-state index contributed by atoms with van der Waals surface area (Å²) in [5.74, 6) is 6.10. The molecule has 2 aromatic carbocycles. The first-order chi connectivity index (χ1) is 15.7. The number of nitrogens with zero attached hydrogens (tertiary/aromatic N) is 4. The maximum atomic E-state index is 6.10. The van der Waals surface area contributed by atoms with Gasteiger partial charge in [0.15, 0.2) is 6.23 Å². The number of aryl methyl sites for hydroxylation is 1. The lowest BCUT2D eigenvalue weighted by Gasteiger charge is -2.23. The molecule has 0 bridgehead atoms. The quantitative estimate of drug-likeness (QED) is 0.459. The number of ether oxygens (including phenoxy) is 1. The van der Waals surface area contributed by atoms with Gasteiger partial charge in [-0.05, 0) is 67.6 Å². The van der Waals surface area contributed by atoms with Crippen LogP contribution in [0.3, 0.4) is 0 Å². The summed E-state index contributed by atoms with van der Waals surface area (Å²) >= 11 is 0. The Morgan fingerprint density at radius 3 is 2.91 bits per heavy atom. The van der Waals surface area contributed by atoms with Gasteiger partial charge in [-0.25, -0.2) is 4.68 Å². The average Bonchev–Trinajstić information content (AvgIpc) is 3.41. The van der Waals surface area contributed by atoms with E-state index >= 15 is 0 Å². The Labute approximate surface area is 186 Å². The monoisotopic (exact) mass is 426 g/mol. The second kappa shape index (κ2) is 7.70. The van der Waals surface area contributed by atoms with E-state index in [4.69, 9.17) is 15.6 Å². The summed E-state index contributed by atoms with van der Waals surface area (Å²) in [6.07, 6.45) is 5.27. The normalized spacial score (nSPS) is 18.6.